The van der Waals surface area contributed by atoms with Crippen LogP contribution in [0.15, 0.2) is 40.0 Å². The van der Waals surface area contributed by atoms with Gasteiger partial charge < -0.3 is 4.42 Å². The van der Waals surface area contributed by atoms with Gasteiger partial charge >= 0.3 is 0 Å². The van der Waals surface area contributed by atoms with E-state index in [4.69, 9.17) is 4.42 Å². The summed E-state index contributed by atoms with van der Waals surface area (Å²) in [5, 5.41) is 0. The molecule has 0 bridgehead atoms. The summed E-state index contributed by atoms with van der Waals surface area (Å²) in [5.41, 5.74) is 4.93. The van der Waals surface area contributed by atoms with Crippen molar-refractivity contribution in [3.63, 3.8) is 0 Å². The predicted octanol–water partition coefficient (Wildman–Crippen LogP) is 2.17. The van der Waals surface area contributed by atoms with E-state index < -0.39 is 0 Å². The van der Waals surface area contributed by atoms with Crippen molar-refractivity contribution in [2.75, 3.05) is 0 Å². The van der Waals surface area contributed by atoms with Crippen LogP contribution in [0.5, 0.6) is 0 Å². The molecule has 0 N–H and O–H groups in total. The fraction of sp³-hybridized carbons (Fsp3) is 0.273. The normalized spacial score (nSPS) is 22.6. The van der Waals surface area contributed by atoms with E-state index in [-0.39, 0.29) is 0 Å². The molecule has 0 saturated carbocycles. The van der Waals surface area contributed by atoms with Crippen molar-refractivity contribution >= 4 is 15.8 Å². The maximum atomic E-state index is 5.41. The third-order valence-corrected chi connectivity index (χ3v) is 4.40. The molecule has 0 fully saturated rings. The molecule has 1 aliphatic rings. The van der Waals surface area contributed by atoms with Gasteiger partial charge in [0.1, 0.15) is 5.76 Å². The summed E-state index contributed by atoms with van der Waals surface area (Å²) < 4.78 is 5.41. The lowest BCUT2D eigenvalue weighted by Gasteiger charge is -2.08. The molecule has 0 aromatic carbocycles. The van der Waals surface area contributed by atoms with E-state index in [1.54, 1.807) is 6.26 Å². The standard InChI is InChI=1S/C11H14OSi/c1-7-6-9(11(13)8(7)2)10-4-3-5-12-10/h3-6,11H,1-2,13H3. The first-order valence-electron chi connectivity index (χ1n) is 4.63. The Bertz CT molecular complexity index is 371. The van der Waals surface area contributed by atoms with Crippen LogP contribution >= 0.6 is 0 Å². The molecular formula is C11H14OSi. The van der Waals surface area contributed by atoms with Gasteiger partial charge in [0.15, 0.2) is 0 Å². The van der Waals surface area contributed by atoms with E-state index in [0.29, 0.717) is 5.54 Å². The first-order valence-corrected chi connectivity index (χ1v) is 5.78. The molecule has 0 amide bonds. The number of hydrogen-bond acceptors (Lipinski definition) is 1. The number of rotatable bonds is 1. The molecule has 1 heterocycles. The molecule has 13 heavy (non-hydrogen) atoms. The number of furan rings is 1. The quantitative estimate of drug-likeness (QED) is 0.619. The third kappa shape index (κ3) is 1.31. The Kier molecular flexibility index (Phi) is 2.00. The monoisotopic (exact) mass is 190 g/mol. The molecule has 2 heteroatoms. The Morgan fingerprint density at radius 3 is 2.62 bits per heavy atom. The van der Waals surface area contributed by atoms with Gasteiger partial charge in [0, 0.05) is 10.2 Å². The molecule has 0 spiro atoms. The van der Waals surface area contributed by atoms with Crippen LogP contribution in [-0.4, -0.2) is 10.2 Å². The second kappa shape index (κ2) is 3.03. The van der Waals surface area contributed by atoms with Crippen LogP contribution in [0.3, 0.4) is 0 Å². The highest BCUT2D eigenvalue weighted by molar-refractivity contribution is 6.21. The number of allylic oxidation sites excluding steroid dienone is 4. The highest BCUT2D eigenvalue weighted by atomic mass is 28.1. The van der Waals surface area contributed by atoms with Crippen LogP contribution in [0, 0.1) is 0 Å². The van der Waals surface area contributed by atoms with E-state index in [0.717, 1.165) is 5.76 Å². The van der Waals surface area contributed by atoms with Crippen molar-refractivity contribution in [3.8, 4) is 0 Å². The topological polar surface area (TPSA) is 13.1 Å². The van der Waals surface area contributed by atoms with Crippen LogP contribution in [0.25, 0.3) is 5.57 Å². The highest BCUT2D eigenvalue weighted by Gasteiger charge is 2.21. The van der Waals surface area contributed by atoms with Crippen LogP contribution in [0.1, 0.15) is 19.6 Å². The minimum absolute atomic E-state index is 0.645. The van der Waals surface area contributed by atoms with E-state index in [9.17, 15) is 0 Å². The zero-order valence-electron chi connectivity index (χ0n) is 8.29. The first kappa shape index (κ1) is 8.57. The van der Waals surface area contributed by atoms with E-state index in [1.807, 2.05) is 12.1 Å². The van der Waals surface area contributed by atoms with Gasteiger partial charge in [0.2, 0.25) is 0 Å². The zero-order valence-corrected chi connectivity index (χ0v) is 10.3. The summed E-state index contributed by atoms with van der Waals surface area (Å²) in [5.74, 6) is 1.04. The Morgan fingerprint density at radius 2 is 2.15 bits per heavy atom. The lowest BCUT2D eigenvalue weighted by atomic mass is 10.1. The summed E-state index contributed by atoms with van der Waals surface area (Å²) in [6.45, 7) is 4.40. The predicted molar refractivity (Wildman–Crippen MR) is 58.7 cm³/mol. The first-order chi connectivity index (χ1) is 6.20. The largest absolute Gasteiger partial charge is 0.465 e. The summed E-state index contributed by atoms with van der Waals surface area (Å²) in [6.07, 6.45) is 4.00. The average Bonchev–Trinajstić information content (AvgIpc) is 2.70. The van der Waals surface area contributed by atoms with Crippen molar-refractivity contribution in [2.45, 2.75) is 19.4 Å². The SMILES string of the molecule is CC1=C(C)C([SiH3])C(c2ccco2)=C1. The fourth-order valence-electron chi connectivity index (χ4n) is 1.77. The Labute approximate surface area is 81.6 Å². The molecule has 0 aliphatic heterocycles. The maximum Gasteiger partial charge on any atom is 0.130 e. The Hall–Kier alpha value is -1.02. The van der Waals surface area contributed by atoms with Gasteiger partial charge in [-0.15, -0.1) is 0 Å². The molecule has 68 valence electrons. The van der Waals surface area contributed by atoms with Gasteiger partial charge in [-0.2, -0.15) is 0 Å². The second-order valence-corrected chi connectivity index (χ2v) is 4.82. The van der Waals surface area contributed by atoms with Crippen molar-refractivity contribution < 1.29 is 4.42 Å². The molecule has 1 nitrogen and oxygen atoms in total. The van der Waals surface area contributed by atoms with Crippen molar-refractivity contribution in [1.82, 2.24) is 0 Å². The zero-order chi connectivity index (χ0) is 9.42. The summed E-state index contributed by atoms with van der Waals surface area (Å²) in [6, 6.07) is 4.00. The molecule has 0 saturated heterocycles. The van der Waals surface area contributed by atoms with Crippen LogP contribution in [0.2, 0.25) is 5.54 Å². The van der Waals surface area contributed by atoms with E-state index in [2.05, 4.69) is 19.9 Å². The second-order valence-electron chi connectivity index (χ2n) is 3.66. The van der Waals surface area contributed by atoms with Gasteiger partial charge in [-0.05, 0) is 37.1 Å². The summed E-state index contributed by atoms with van der Waals surface area (Å²) >= 11 is 0. The maximum absolute atomic E-state index is 5.41. The van der Waals surface area contributed by atoms with Gasteiger partial charge in [-0.25, -0.2) is 0 Å². The average molecular weight is 190 g/mol. The molecule has 1 atom stereocenters. The van der Waals surface area contributed by atoms with Crippen molar-refractivity contribution in [2.24, 2.45) is 0 Å². The number of hydrogen-bond donors (Lipinski definition) is 0. The smallest absolute Gasteiger partial charge is 0.130 e. The molecule has 1 unspecified atom stereocenters. The molecule has 1 aliphatic carbocycles. The molecule has 0 radical (unpaired) electrons. The molecule has 1 aromatic rings. The molecular weight excluding hydrogens is 176 g/mol. The molecule has 2 rings (SSSR count). The van der Waals surface area contributed by atoms with E-state index in [1.165, 1.54) is 27.0 Å². The highest BCUT2D eigenvalue weighted by Crippen LogP contribution is 2.39. The lowest BCUT2D eigenvalue weighted by Crippen LogP contribution is -1.92. The van der Waals surface area contributed by atoms with Crippen LogP contribution in [0.4, 0.5) is 0 Å². The fourth-order valence-corrected chi connectivity index (χ4v) is 2.68. The minimum atomic E-state index is 0.645. The molecule has 1 aromatic heterocycles. The van der Waals surface area contributed by atoms with Crippen molar-refractivity contribution in [1.29, 1.82) is 0 Å². The lowest BCUT2D eigenvalue weighted by molar-refractivity contribution is 0.551. The third-order valence-electron chi connectivity index (χ3n) is 2.92. The van der Waals surface area contributed by atoms with Gasteiger partial charge in [-0.3, -0.25) is 0 Å². The van der Waals surface area contributed by atoms with Gasteiger partial charge in [-0.1, -0.05) is 17.2 Å². The van der Waals surface area contributed by atoms with Crippen LogP contribution in [-0.2, 0) is 0 Å². The minimum Gasteiger partial charge on any atom is -0.465 e. The van der Waals surface area contributed by atoms with Crippen molar-refractivity contribution in [3.05, 3.63) is 41.4 Å². The Morgan fingerprint density at radius 1 is 1.38 bits per heavy atom. The van der Waals surface area contributed by atoms with Gasteiger partial charge in [0.05, 0.1) is 6.26 Å². The van der Waals surface area contributed by atoms with E-state index >= 15 is 0 Å². The van der Waals surface area contributed by atoms with Crippen LogP contribution < -0.4 is 0 Å². The van der Waals surface area contributed by atoms with Gasteiger partial charge in [0.25, 0.3) is 0 Å². The summed E-state index contributed by atoms with van der Waals surface area (Å²) in [7, 11) is 1.17. The Balaban J connectivity index is 2.37. The summed E-state index contributed by atoms with van der Waals surface area (Å²) in [4.78, 5) is 0.